The van der Waals surface area contributed by atoms with E-state index < -0.39 is 0 Å². The highest BCUT2D eigenvalue weighted by Crippen LogP contribution is 2.26. The van der Waals surface area contributed by atoms with Crippen molar-refractivity contribution in [3.05, 3.63) is 33.6 Å². The molecule has 0 unspecified atom stereocenters. The van der Waals surface area contributed by atoms with Gasteiger partial charge >= 0.3 is 0 Å². The molecule has 0 radical (unpaired) electrons. The van der Waals surface area contributed by atoms with Gasteiger partial charge < -0.3 is 10.3 Å². The molecule has 20 heavy (non-hydrogen) atoms. The number of pyridine rings is 1. The van der Waals surface area contributed by atoms with Crippen molar-refractivity contribution in [3.63, 3.8) is 0 Å². The summed E-state index contributed by atoms with van der Waals surface area (Å²) in [6.07, 6.45) is 0. The summed E-state index contributed by atoms with van der Waals surface area (Å²) >= 11 is 1.35. The Labute approximate surface area is 123 Å². The molecule has 0 aliphatic carbocycles. The zero-order valence-electron chi connectivity index (χ0n) is 12.6. The van der Waals surface area contributed by atoms with Crippen LogP contribution in [0.4, 0.5) is 5.13 Å². The number of hydrogen-bond acceptors (Lipinski definition) is 4. The van der Waals surface area contributed by atoms with Crippen LogP contribution in [-0.2, 0) is 5.41 Å². The summed E-state index contributed by atoms with van der Waals surface area (Å²) < 4.78 is 1.85. The van der Waals surface area contributed by atoms with Crippen molar-refractivity contribution in [2.45, 2.75) is 46.1 Å². The van der Waals surface area contributed by atoms with E-state index in [9.17, 15) is 4.79 Å². The highest BCUT2D eigenvalue weighted by atomic mass is 32.1. The van der Waals surface area contributed by atoms with Crippen molar-refractivity contribution in [2.24, 2.45) is 0 Å². The molecular weight excluding hydrogens is 270 g/mol. The third-order valence-corrected chi connectivity index (χ3v) is 3.87. The van der Waals surface area contributed by atoms with Gasteiger partial charge in [0.1, 0.15) is 0 Å². The van der Waals surface area contributed by atoms with Crippen LogP contribution in [0.5, 0.6) is 0 Å². The average molecular weight is 291 g/mol. The summed E-state index contributed by atoms with van der Waals surface area (Å²) in [5.74, 6) is 0. The van der Waals surface area contributed by atoms with Gasteiger partial charge in [0.05, 0.1) is 11.3 Å². The van der Waals surface area contributed by atoms with Gasteiger partial charge in [-0.2, -0.15) is 0 Å². The molecule has 2 N–H and O–H groups in total. The second-order valence-electron chi connectivity index (χ2n) is 6.22. The summed E-state index contributed by atoms with van der Waals surface area (Å²) in [6.45, 7) is 10.4. The number of rotatable bonds is 2. The Bertz CT molecular complexity index is 677. The standard InChI is InChI=1S/C15H21N3OS/c1-9(2)18-12(15(3,4)5)7-6-10(13(18)19)11-8-20-14(16)17-11/h6-9H,1-5H3,(H2,16,17). The SMILES string of the molecule is CC(C)n1c(C(C)(C)C)ccc(-c2csc(N)n2)c1=O. The van der Waals surface area contributed by atoms with Crippen LogP contribution in [0.2, 0.25) is 0 Å². The molecule has 0 atom stereocenters. The first-order valence-electron chi connectivity index (χ1n) is 6.69. The Morgan fingerprint density at radius 3 is 2.40 bits per heavy atom. The molecule has 108 valence electrons. The first-order chi connectivity index (χ1) is 9.21. The minimum atomic E-state index is -0.0803. The highest BCUT2D eigenvalue weighted by molar-refractivity contribution is 7.13. The molecule has 2 aromatic heterocycles. The van der Waals surface area contributed by atoms with E-state index in [1.807, 2.05) is 35.9 Å². The number of anilines is 1. The maximum absolute atomic E-state index is 12.8. The Morgan fingerprint density at radius 2 is 1.95 bits per heavy atom. The predicted octanol–water partition coefficient (Wildman–Crippen LogP) is 3.43. The van der Waals surface area contributed by atoms with Crippen LogP contribution in [-0.4, -0.2) is 9.55 Å². The highest BCUT2D eigenvalue weighted by Gasteiger charge is 2.22. The van der Waals surface area contributed by atoms with Crippen molar-refractivity contribution in [1.29, 1.82) is 0 Å². The lowest BCUT2D eigenvalue weighted by Crippen LogP contribution is -2.31. The third-order valence-electron chi connectivity index (χ3n) is 3.20. The molecule has 2 rings (SSSR count). The van der Waals surface area contributed by atoms with Crippen molar-refractivity contribution in [1.82, 2.24) is 9.55 Å². The van der Waals surface area contributed by atoms with E-state index in [1.165, 1.54) is 11.3 Å². The zero-order chi connectivity index (χ0) is 15.1. The fraction of sp³-hybridized carbons (Fsp3) is 0.467. The monoisotopic (exact) mass is 291 g/mol. The number of nitrogens with zero attached hydrogens (tertiary/aromatic N) is 2. The molecule has 0 amide bonds. The molecule has 2 aromatic rings. The fourth-order valence-corrected chi connectivity index (χ4v) is 2.85. The van der Waals surface area contributed by atoms with Gasteiger partial charge in [-0.1, -0.05) is 20.8 Å². The van der Waals surface area contributed by atoms with Gasteiger partial charge in [0.2, 0.25) is 0 Å². The van der Waals surface area contributed by atoms with Crippen LogP contribution in [0.25, 0.3) is 11.3 Å². The minimum Gasteiger partial charge on any atom is -0.375 e. The van der Waals surface area contributed by atoms with Crippen LogP contribution in [0.1, 0.15) is 46.4 Å². The van der Waals surface area contributed by atoms with E-state index in [4.69, 9.17) is 5.73 Å². The van der Waals surface area contributed by atoms with E-state index in [-0.39, 0.29) is 17.0 Å². The lowest BCUT2D eigenvalue weighted by atomic mass is 9.90. The largest absolute Gasteiger partial charge is 0.375 e. The van der Waals surface area contributed by atoms with E-state index in [0.717, 1.165) is 5.69 Å². The quantitative estimate of drug-likeness (QED) is 0.922. The van der Waals surface area contributed by atoms with Crippen molar-refractivity contribution >= 4 is 16.5 Å². The summed E-state index contributed by atoms with van der Waals surface area (Å²) in [5.41, 5.74) is 7.88. The van der Waals surface area contributed by atoms with Gasteiger partial charge in [0.25, 0.3) is 5.56 Å². The molecule has 2 heterocycles. The van der Waals surface area contributed by atoms with E-state index in [0.29, 0.717) is 16.4 Å². The number of thiazole rings is 1. The maximum atomic E-state index is 12.8. The van der Waals surface area contributed by atoms with Crippen LogP contribution >= 0.6 is 11.3 Å². The number of hydrogen-bond donors (Lipinski definition) is 1. The molecule has 0 saturated heterocycles. The van der Waals surface area contributed by atoms with E-state index in [2.05, 4.69) is 25.8 Å². The molecule has 0 bridgehead atoms. The topological polar surface area (TPSA) is 60.9 Å². The van der Waals surface area contributed by atoms with Gasteiger partial charge in [0.15, 0.2) is 5.13 Å². The van der Waals surface area contributed by atoms with E-state index in [1.54, 1.807) is 0 Å². The Hall–Kier alpha value is -1.62. The number of aromatic nitrogens is 2. The van der Waals surface area contributed by atoms with Crippen molar-refractivity contribution in [2.75, 3.05) is 5.73 Å². The minimum absolute atomic E-state index is 0.00211. The second kappa shape index (κ2) is 5.05. The van der Waals surface area contributed by atoms with Crippen LogP contribution in [0, 0.1) is 0 Å². The lowest BCUT2D eigenvalue weighted by Gasteiger charge is -2.26. The summed E-state index contributed by atoms with van der Waals surface area (Å²) in [5, 5.41) is 2.31. The third kappa shape index (κ3) is 2.63. The van der Waals surface area contributed by atoms with Crippen molar-refractivity contribution in [3.8, 4) is 11.3 Å². The predicted molar refractivity (Wildman–Crippen MR) is 85.3 cm³/mol. The summed E-state index contributed by atoms with van der Waals surface area (Å²) in [7, 11) is 0. The zero-order valence-corrected chi connectivity index (χ0v) is 13.4. The van der Waals surface area contributed by atoms with Crippen molar-refractivity contribution < 1.29 is 0 Å². The number of nitrogens with two attached hydrogens (primary N) is 1. The maximum Gasteiger partial charge on any atom is 0.260 e. The van der Waals surface area contributed by atoms with Crippen LogP contribution in [0.15, 0.2) is 22.3 Å². The van der Waals surface area contributed by atoms with Gasteiger partial charge in [-0.05, 0) is 26.0 Å². The summed E-state index contributed by atoms with van der Waals surface area (Å²) in [6, 6.07) is 3.98. The molecule has 0 aliphatic rings. The molecule has 0 aromatic carbocycles. The lowest BCUT2D eigenvalue weighted by molar-refractivity contribution is 0.467. The van der Waals surface area contributed by atoms with Crippen LogP contribution < -0.4 is 11.3 Å². The summed E-state index contributed by atoms with van der Waals surface area (Å²) in [4.78, 5) is 17.0. The Balaban J connectivity index is 2.71. The van der Waals surface area contributed by atoms with E-state index >= 15 is 0 Å². The van der Waals surface area contributed by atoms with Gasteiger partial charge in [-0.25, -0.2) is 4.98 Å². The molecule has 0 saturated carbocycles. The molecule has 0 spiro atoms. The number of nitrogen functional groups attached to an aromatic ring is 1. The fourth-order valence-electron chi connectivity index (χ4n) is 2.28. The normalized spacial score (nSPS) is 12.1. The van der Waals surface area contributed by atoms with Gasteiger partial charge in [-0.15, -0.1) is 11.3 Å². The Kier molecular flexibility index (Phi) is 3.73. The Morgan fingerprint density at radius 1 is 1.30 bits per heavy atom. The van der Waals surface area contributed by atoms with Crippen LogP contribution in [0.3, 0.4) is 0 Å². The first-order valence-corrected chi connectivity index (χ1v) is 7.57. The van der Waals surface area contributed by atoms with Gasteiger partial charge in [0, 0.05) is 22.5 Å². The molecule has 0 fully saturated rings. The first kappa shape index (κ1) is 14.8. The molecule has 5 heteroatoms. The average Bonchev–Trinajstić information content (AvgIpc) is 2.73. The molecular formula is C15H21N3OS. The smallest absolute Gasteiger partial charge is 0.260 e. The molecule has 4 nitrogen and oxygen atoms in total. The molecule has 0 aliphatic heterocycles. The van der Waals surface area contributed by atoms with Gasteiger partial charge in [-0.3, -0.25) is 4.79 Å². The second-order valence-corrected chi connectivity index (χ2v) is 7.11.